The number of hydrogen-bond acceptors (Lipinski definition) is 3. The van der Waals surface area contributed by atoms with E-state index in [1.54, 1.807) is 0 Å². The molecule has 2 aromatic heterocycles. The molecule has 0 bridgehead atoms. The van der Waals surface area contributed by atoms with Crippen LogP contribution in [0.1, 0.15) is 24.5 Å². The molecule has 3 rings (SSSR count). The van der Waals surface area contributed by atoms with Crippen molar-refractivity contribution >= 4 is 0 Å². The number of aromatic nitrogens is 3. The lowest BCUT2D eigenvalue weighted by Crippen LogP contribution is -2.27. The lowest BCUT2D eigenvalue weighted by Gasteiger charge is -2.23. The van der Waals surface area contributed by atoms with Crippen LogP contribution in [0.3, 0.4) is 0 Å². The van der Waals surface area contributed by atoms with Crippen LogP contribution in [0.5, 0.6) is 0 Å². The molecule has 0 aliphatic carbocycles. The summed E-state index contributed by atoms with van der Waals surface area (Å²) in [4.78, 5) is 8.35. The fraction of sp³-hybridized carbons (Fsp3) is 0.385. The number of imidazole rings is 1. The van der Waals surface area contributed by atoms with Gasteiger partial charge >= 0.3 is 0 Å². The van der Waals surface area contributed by atoms with Crippen LogP contribution in [0, 0.1) is 0 Å². The van der Waals surface area contributed by atoms with E-state index in [9.17, 15) is 0 Å². The van der Waals surface area contributed by atoms with Crippen LogP contribution in [0.15, 0.2) is 37.1 Å². The van der Waals surface area contributed by atoms with E-state index in [-0.39, 0.29) is 0 Å². The predicted molar refractivity (Wildman–Crippen MR) is 66.2 cm³/mol. The Morgan fingerprint density at radius 2 is 1.88 bits per heavy atom. The zero-order chi connectivity index (χ0) is 11.5. The van der Waals surface area contributed by atoms with Gasteiger partial charge in [-0.05, 0) is 38.1 Å². The number of piperidine rings is 1. The zero-order valence-electron chi connectivity index (χ0n) is 9.71. The molecule has 0 saturated carbocycles. The molecule has 0 unspecified atom stereocenters. The lowest BCUT2D eigenvalue weighted by atomic mass is 9.95. The molecule has 0 atom stereocenters. The Balaban J connectivity index is 1.93. The monoisotopic (exact) mass is 228 g/mol. The normalized spacial score (nSPS) is 17.2. The molecule has 4 nitrogen and oxygen atoms in total. The van der Waals surface area contributed by atoms with Crippen molar-refractivity contribution in [3.63, 3.8) is 0 Å². The predicted octanol–water partition coefficient (Wildman–Crippen LogP) is 1.73. The summed E-state index contributed by atoms with van der Waals surface area (Å²) in [5, 5.41) is 3.40. The van der Waals surface area contributed by atoms with Gasteiger partial charge in [0, 0.05) is 35.9 Å². The molecular formula is C13H16N4. The van der Waals surface area contributed by atoms with Gasteiger partial charge in [0.1, 0.15) is 0 Å². The van der Waals surface area contributed by atoms with Gasteiger partial charge in [0.25, 0.3) is 0 Å². The molecular weight excluding hydrogens is 212 g/mol. The third-order valence-corrected chi connectivity index (χ3v) is 3.37. The van der Waals surface area contributed by atoms with Crippen molar-refractivity contribution < 1.29 is 0 Å². The van der Waals surface area contributed by atoms with Crippen LogP contribution in [0.4, 0.5) is 0 Å². The van der Waals surface area contributed by atoms with Gasteiger partial charge in [-0.2, -0.15) is 0 Å². The molecule has 17 heavy (non-hydrogen) atoms. The van der Waals surface area contributed by atoms with Crippen LogP contribution in [-0.4, -0.2) is 27.6 Å². The molecule has 4 heteroatoms. The number of rotatable bonds is 2. The zero-order valence-corrected chi connectivity index (χ0v) is 9.71. The highest BCUT2D eigenvalue weighted by Crippen LogP contribution is 2.26. The first kappa shape index (κ1) is 10.5. The standard InChI is InChI=1S/C13H16N4/c1-5-14-6-2-11(1)13-9-16-10-17(13)12-3-7-15-8-4-12/h3-4,7-11,14H,1-2,5-6H2. The van der Waals surface area contributed by atoms with E-state index in [2.05, 4.69) is 19.9 Å². The van der Waals surface area contributed by atoms with Crippen molar-refractivity contribution in [3.8, 4) is 5.69 Å². The number of nitrogens with zero attached hydrogens (tertiary/aromatic N) is 3. The molecule has 3 heterocycles. The quantitative estimate of drug-likeness (QED) is 0.851. The van der Waals surface area contributed by atoms with E-state index in [0.717, 1.165) is 18.8 Å². The molecule has 0 aromatic carbocycles. The molecule has 1 N–H and O–H groups in total. The van der Waals surface area contributed by atoms with Crippen LogP contribution < -0.4 is 5.32 Å². The van der Waals surface area contributed by atoms with E-state index in [0.29, 0.717) is 5.92 Å². The Labute approximate surface area is 101 Å². The van der Waals surface area contributed by atoms with E-state index < -0.39 is 0 Å². The molecule has 88 valence electrons. The van der Waals surface area contributed by atoms with Crippen molar-refractivity contribution in [1.82, 2.24) is 19.9 Å². The number of pyridine rings is 1. The van der Waals surface area contributed by atoms with Crippen molar-refractivity contribution in [2.75, 3.05) is 13.1 Å². The molecule has 0 spiro atoms. The molecule has 1 aliphatic rings. The summed E-state index contributed by atoms with van der Waals surface area (Å²) in [6, 6.07) is 4.04. The van der Waals surface area contributed by atoms with Gasteiger partial charge in [-0.15, -0.1) is 0 Å². The van der Waals surface area contributed by atoms with Gasteiger partial charge in [-0.3, -0.25) is 4.98 Å². The maximum atomic E-state index is 4.30. The van der Waals surface area contributed by atoms with E-state index in [1.807, 2.05) is 37.1 Å². The Morgan fingerprint density at radius 1 is 1.12 bits per heavy atom. The van der Waals surface area contributed by atoms with Crippen molar-refractivity contribution in [2.45, 2.75) is 18.8 Å². The Hall–Kier alpha value is -1.68. The van der Waals surface area contributed by atoms with Gasteiger partial charge in [0.05, 0.1) is 6.33 Å². The number of hydrogen-bond donors (Lipinski definition) is 1. The molecule has 0 radical (unpaired) electrons. The summed E-state index contributed by atoms with van der Waals surface area (Å²) < 4.78 is 2.18. The Morgan fingerprint density at radius 3 is 2.65 bits per heavy atom. The third kappa shape index (κ3) is 2.08. The highest BCUT2D eigenvalue weighted by molar-refractivity contribution is 5.32. The molecule has 1 aliphatic heterocycles. The fourth-order valence-corrected chi connectivity index (χ4v) is 2.45. The Bertz CT molecular complexity index is 471. The van der Waals surface area contributed by atoms with Gasteiger partial charge in [0.15, 0.2) is 0 Å². The highest BCUT2D eigenvalue weighted by atomic mass is 15.1. The summed E-state index contributed by atoms with van der Waals surface area (Å²) in [5.41, 5.74) is 2.46. The largest absolute Gasteiger partial charge is 0.317 e. The minimum Gasteiger partial charge on any atom is -0.317 e. The Kier molecular flexibility index (Phi) is 2.88. The third-order valence-electron chi connectivity index (χ3n) is 3.37. The number of nitrogens with one attached hydrogen (secondary N) is 1. The molecule has 1 fully saturated rings. The summed E-state index contributed by atoms with van der Waals surface area (Å²) in [6.45, 7) is 2.21. The topological polar surface area (TPSA) is 42.7 Å². The van der Waals surface area contributed by atoms with Crippen LogP contribution >= 0.6 is 0 Å². The minimum absolute atomic E-state index is 0.618. The summed E-state index contributed by atoms with van der Waals surface area (Å²) in [7, 11) is 0. The molecule has 2 aromatic rings. The van der Waals surface area contributed by atoms with Gasteiger partial charge < -0.3 is 9.88 Å². The van der Waals surface area contributed by atoms with E-state index >= 15 is 0 Å². The maximum Gasteiger partial charge on any atom is 0.0994 e. The second-order valence-corrected chi connectivity index (χ2v) is 4.42. The summed E-state index contributed by atoms with van der Waals surface area (Å²) in [5.74, 6) is 0.618. The summed E-state index contributed by atoms with van der Waals surface area (Å²) >= 11 is 0. The average molecular weight is 228 g/mol. The van der Waals surface area contributed by atoms with Crippen molar-refractivity contribution in [3.05, 3.63) is 42.7 Å². The first-order valence-electron chi connectivity index (χ1n) is 6.08. The van der Waals surface area contributed by atoms with Crippen LogP contribution in [-0.2, 0) is 0 Å². The minimum atomic E-state index is 0.618. The van der Waals surface area contributed by atoms with E-state index in [1.165, 1.54) is 18.5 Å². The van der Waals surface area contributed by atoms with Crippen molar-refractivity contribution in [1.29, 1.82) is 0 Å². The fourth-order valence-electron chi connectivity index (χ4n) is 2.45. The van der Waals surface area contributed by atoms with Crippen molar-refractivity contribution in [2.24, 2.45) is 0 Å². The van der Waals surface area contributed by atoms with Gasteiger partial charge in [0.2, 0.25) is 0 Å². The average Bonchev–Trinajstić information content (AvgIpc) is 2.90. The van der Waals surface area contributed by atoms with E-state index in [4.69, 9.17) is 0 Å². The first-order chi connectivity index (χ1) is 8.45. The summed E-state index contributed by atoms with van der Waals surface area (Å²) in [6.07, 6.45) is 9.92. The highest BCUT2D eigenvalue weighted by Gasteiger charge is 2.19. The smallest absolute Gasteiger partial charge is 0.0994 e. The maximum absolute atomic E-state index is 4.30. The van der Waals surface area contributed by atoms with Crippen LogP contribution in [0.25, 0.3) is 5.69 Å². The molecule has 1 saturated heterocycles. The second-order valence-electron chi connectivity index (χ2n) is 4.42. The van der Waals surface area contributed by atoms with Crippen LogP contribution in [0.2, 0.25) is 0 Å². The van der Waals surface area contributed by atoms with Gasteiger partial charge in [-0.1, -0.05) is 0 Å². The first-order valence-corrected chi connectivity index (χ1v) is 6.08. The SMILES string of the molecule is c1cc(-n2cncc2C2CCNCC2)ccn1. The molecule has 0 amide bonds. The lowest BCUT2D eigenvalue weighted by molar-refractivity contribution is 0.449. The second kappa shape index (κ2) is 4.67. The van der Waals surface area contributed by atoms with Gasteiger partial charge in [-0.25, -0.2) is 4.98 Å².